The molecule has 0 radical (unpaired) electrons. The summed E-state index contributed by atoms with van der Waals surface area (Å²) >= 11 is 0. The first kappa shape index (κ1) is 16.1. The molecule has 3 heteroatoms. The largest absolute Gasteiger partial charge is 0.457 e. The average Bonchev–Trinajstić information content (AvgIpc) is 2.56. The Kier molecular flexibility index (Phi) is 6.01. The minimum atomic E-state index is 0.0724. The fourth-order valence-electron chi connectivity index (χ4n) is 2.30. The van der Waals surface area contributed by atoms with Crippen LogP contribution >= 0.6 is 0 Å². The maximum Gasteiger partial charge on any atom is 0.220 e. The van der Waals surface area contributed by atoms with Gasteiger partial charge in [0.05, 0.1) is 6.04 Å². The van der Waals surface area contributed by atoms with Crippen LogP contribution in [0.5, 0.6) is 11.5 Å². The second-order valence-electron chi connectivity index (χ2n) is 5.25. The quantitative estimate of drug-likeness (QED) is 0.793. The lowest BCUT2D eigenvalue weighted by Gasteiger charge is -2.18. The topological polar surface area (TPSA) is 38.3 Å². The van der Waals surface area contributed by atoms with Crippen molar-refractivity contribution in [3.63, 3.8) is 0 Å². The molecule has 0 aliphatic rings. The molecule has 3 nitrogen and oxygen atoms in total. The molecule has 1 amide bonds. The number of hydrogen-bond acceptors (Lipinski definition) is 2. The van der Waals surface area contributed by atoms with Gasteiger partial charge in [-0.3, -0.25) is 4.79 Å². The van der Waals surface area contributed by atoms with Crippen molar-refractivity contribution in [1.82, 2.24) is 5.32 Å². The summed E-state index contributed by atoms with van der Waals surface area (Å²) in [6.45, 7) is 3.99. The van der Waals surface area contributed by atoms with Gasteiger partial charge in [-0.05, 0) is 36.2 Å². The summed E-state index contributed by atoms with van der Waals surface area (Å²) in [5, 5.41) is 3.07. The number of carbonyl (C=O) groups excluding carboxylic acids is 1. The van der Waals surface area contributed by atoms with E-state index in [0.717, 1.165) is 29.9 Å². The predicted molar refractivity (Wildman–Crippen MR) is 89.0 cm³/mol. The summed E-state index contributed by atoms with van der Waals surface area (Å²) in [5.74, 6) is 1.70. The Balaban J connectivity index is 2.07. The van der Waals surface area contributed by atoms with Gasteiger partial charge in [-0.1, -0.05) is 50.6 Å². The van der Waals surface area contributed by atoms with Crippen LogP contribution in [0.2, 0.25) is 0 Å². The van der Waals surface area contributed by atoms with Gasteiger partial charge in [0.15, 0.2) is 0 Å². The lowest BCUT2D eigenvalue weighted by molar-refractivity contribution is -0.121. The van der Waals surface area contributed by atoms with E-state index in [4.69, 9.17) is 4.74 Å². The van der Waals surface area contributed by atoms with Crippen LogP contribution in [0.25, 0.3) is 0 Å². The highest BCUT2D eigenvalue weighted by molar-refractivity contribution is 5.76. The van der Waals surface area contributed by atoms with E-state index >= 15 is 0 Å². The highest BCUT2D eigenvalue weighted by atomic mass is 16.5. The molecule has 2 aromatic carbocycles. The molecule has 0 aliphatic carbocycles. The van der Waals surface area contributed by atoms with Crippen molar-refractivity contribution in [1.29, 1.82) is 0 Å². The van der Waals surface area contributed by atoms with Crippen molar-refractivity contribution < 1.29 is 9.53 Å². The van der Waals surface area contributed by atoms with Crippen molar-refractivity contribution >= 4 is 5.91 Å². The normalized spacial score (nSPS) is 11.7. The van der Waals surface area contributed by atoms with Crippen molar-refractivity contribution in [3.05, 3.63) is 60.2 Å². The maximum absolute atomic E-state index is 11.6. The number of ether oxygens (including phenoxy) is 1. The Morgan fingerprint density at radius 2 is 1.64 bits per heavy atom. The smallest absolute Gasteiger partial charge is 0.220 e. The number of benzene rings is 2. The van der Waals surface area contributed by atoms with Crippen molar-refractivity contribution in [2.24, 2.45) is 0 Å². The lowest BCUT2D eigenvalue weighted by atomic mass is 10.0. The van der Waals surface area contributed by atoms with E-state index in [2.05, 4.69) is 12.2 Å². The Morgan fingerprint density at radius 3 is 2.23 bits per heavy atom. The summed E-state index contributed by atoms with van der Waals surface area (Å²) in [6.07, 6.45) is 2.47. The number of hydrogen-bond donors (Lipinski definition) is 1. The van der Waals surface area contributed by atoms with Gasteiger partial charge >= 0.3 is 0 Å². The molecule has 0 spiro atoms. The van der Waals surface area contributed by atoms with Crippen molar-refractivity contribution in [3.8, 4) is 11.5 Å². The Hall–Kier alpha value is -2.29. The standard InChI is InChI=1S/C19H23NO2/c1-3-8-18(20-19(21)4-2)15-11-13-17(14-12-15)22-16-9-6-5-7-10-16/h5-7,9-14,18H,3-4,8H2,1-2H3,(H,20,21)/t18-/m0/s1. The van der Waals surface area contributed by atoms with Crippen molar-refractivity contribution in [2.45, 2.75) is 39.2 Å². The summed E-state index contributed by atoms with van der Waals surface area (Å²) in [5.41, 5.74) is 1.11. The molecule has 0 fully saturated rings. The zero-order valence-corrected chi connectivity index (χ0v) is 13.2. The molecule has 0 bridgehead atoms. The first-order valence-electron chi connectivity index (χ1n) is 7.85. The summed E-state index contributed by atoms with van der Waals surface area (Å²) in [4.78, 5) is 11.6. The molecule has 116 valence electrons. The van der Waals surface area contributed by atoms with Gasteiger partial charge in [-0.25, -0.2) is 0 Å². The summed E-state index contributed by atoms with van der Waals surface area (Å²) in [7, 11) is 0. The zero-order chi connectivity index (χ0) is 15.8. The van der Waals surface area contributed by atoms with Crippen LogP contribution < -0.4 is 10.1 Å². The van der Waals surface area contributed by atoms with Crippen LogP contribution in [0.1, 0.15) is 44.7 Å². The molecule has 1 atom stereocenters. The molecule has 0 aliphatic heterocycles. The van der Waals surface area contributed by atoms with Crippen molar-refractivity contribution in [2.75, 3.05) is 0 Å². The summed E-state index contributed by atoms with van der Waals surface area (Å²) in [6, 6.07) is 17.7. The third-order valence-corrected chi connectivity index (χ3v) is 3.50. The van der Waals surface area contributed by atoms with E-state index in [1.165, 1.54) is 0 Å². The molecule has 0 heterocycles. The zero-order valence-electron chi connectivity index (χ0n) is 13.2. The number of carbonyl (C=O) groups is 1. The monoisotopic (exact) mass is 297 g/mol. The molecule has 0 aromatic heterocycles. The number of rotatable bonds is 7. The first-order valence-corrected chi connectivity index (χ1v) is 7.85. The number of para-hydroxylation sites is 1. The third-order valence-electron chi connectivity index (χ3n) is 3.50. The molecule has 2 rings (SSSR count). The number of amides is 1. The fraction of sp³-hybridized carbons (Fsp3) is 0.316. The van der Waals surface area contributed by atoms with E-state index in [-0.39, 0.29) is 11.9 Å². The second kappa shape index (κ2) is 8.23. The van der Waals surface area contributed by atoms with Gasteiger partial charge in [0.2, 0.25) is 5.91 Å². The summed E-state index contributed by atoms with van der Waals surface area (Å²) < 4.78 is 5.79. The van der Waals surface area contributed by atoms with Gasteiger partial charge < -0.3 is 10.1 Å². The molecular weight excluding hydrogens is 274 g/mol. The van der Waals surface area contributed by atoms with Gasteiger partial charge in [0.25, 0.3) is 0 Å². The third kappa shape index (κ3) is 4.62. The first-order chi connectivity index (χ1) is 10.7. The van der Waals surface area contributed by atoms with Crippen LogP contribution in [0.15, 0.2) is 54.6 Å². The number of nitrogens with one attached hydrogen (secondary N) is 1. The fourth-order valence-corrected chi connectivity index (χ4v) is 2.30. The Labute approximate surface area is 132 Å². The molecule has 22 heavy (non-hydrogen) atoms. The minimum absolute atomic E-state index is 0.0724. The SMILES string of the molecule is CCC[C@H](NC(=O)CC)c1ccc(Oc2ccccc2)cc1. The maximum atomic E-state index is 11.6. The lowest BCUT2D eigenvalue weighted by Crippen LogP contribution is -2.27. The van der Waals surface area contributed by atoms with Crippen LogP contribution in [0.4, 0.5) is 0 Å². The van der Waals surface area contributed by atoms with Gasteiger partial charge in [0, 0.05) is 6.42 Å². The van der Waals surface area contributed by atoms with E-state index in [1.807, 2.05) is 61.5 Å². The van der Waals surface area contributed by atoms with Crippen LogP contribution in [0.3, 0.4) is 0 Å². The Morgan fingerprint density at radius 1 is 1.00 bits per heavy atom. The Bertz CT molecular complexity index is 578. The molecule has 0 saturated heterocycles. The molecule has 2 aromatic rings. The second-order valence-corrected chi connectivity index (χ2v) is 5.25. The van der Waals surface area contributed by atoms with Gasteiger partial charge in [0.1, 0.15) is 11.5 Å². The van der Waals surface area contributed by atoms with Crippen LogP contribution in [0, 0.1) is 0 Å². The van der Waals surface area contributed by atoms with E-state index in [0.29, 0.717) is 6.42 Å². The van der Waals surface area contributed by atoms with Crippen LogP contribution in [-0.2, 0) is 4.79 Å². The van der Waals surface area contributed by atoms with Gasteiger partial charge in [-0.15, -0.1) is 0 Å². The van der Waals surface area contributed by atoms with E-state index < -0.39 is 0 Å². The molecule has 0 saturated carbocycles. The average molecular weight is 297 g/mol. The molecule has 1 N–H and O–H groups in total. The minimum Gasteiger partial charge on any atom is -0.457 e. The highest BCUT2D eigenvalue weighted by Crippen LogP contribution is 2.25. The van der Waals surface area contributed by atoms with E-state index in [1.54, 1.807) is 0 Å². The molecule has 0 unspecified atom stereocenters. The molecular formula is C19H23NO2. The highest BCUT2D eigenvalue weighted by Gasteiger charge is 2.12. The predicted octanol–water partition coefficient (Wildman–Crippen LogP) is 4.85. The van der Waals surface area contributed by atoms with E-state index in [9.17, 15) is 4.79 Å². The van der Waals surface area contributed by atoms with Gasteiger partial charge in [-0.2, -0.15) is 0 Å². The van der Waals surface area contributed by atoms with Crippen LogP contribution in [-0.4, -0.2) is 5.91 Å².